The monoisotopic (exact) mass is 345 g/mol. The minimum atomic E-state index is -0.120. The van der Waals surface area contributed by atoms with Gasteiger partial charge in [-0.15, -0.1) is 0 Å². The molecule has 4 aromatic rings. The lowest BCUT2D eigenvalue weighted by Gasteiger charge is -2.09. The standard InChI is InChI=1S/C18H15N7O/c1-12(26)22-13-3-2-4-14(9-13)23-18-16-6-8-20-11-25(16)24-17(18)15-5-7-19-10-21-15/h2-11,23H,1H3,(H,22,26). The number of hydrogen-bond acceptors (Lipinski definition) is 6. The molecule has 4 rings (SSSR count). The lowest BCUT2D eigenvalue weighted by molar-refractivity contribution is -0.114. The summed E-state index contributed by atoms with van der Waals surface area (Å²) in [5.41, 5.74) is 4.57. The van der Waals surface area contributed by atoms with Crippen LogP contribution in [0, 0.1) is 0 Å². The number of benzene rings is 1. The number of amides is 1. The number of anilines is 3. The van der Waals surface area contributed by atoms with Gasteiger partial charge in [-0.2, -0.15) is 5.10 Å². The summed E-state index contributed by atoms with van der Waals surface area (Å²) in [6.07, 6.45) is 6.50. The van der Waals surface area contributed by atoms with Gasteiger partial charge in [-0.3, -0.25) is 4.79 Å². The summed E-state index contributed by atoms with van der Waals surface area (Å²) in [5.74, 6) is -0.120. The van der Waals surface area contributed by atoms with Crippen molar-refractivity contribution in [3.8, 4) is 11.4 Å². The van der Waals surface area contributed by atoms with Crippen LogP contribution in [0.2, 0.25) is 0 Å². The molecule has 0 atom stereocenters. The maximum atomic E-state index is 11.3. The topological polar surface area (TPSA) is 97.1 Å². The number of carbonyl (C=O) groups excluding carboxylic acids is 1. The van der Waals surface area contributed by atoms with E-state index in [0.717, 1.165) is 16.9 Å². The van der Waals surface area contributed by atoms with Crippen LogP contribution in [0.1, 0.15) is 6.92 Å². The van der Waals surface area contributed by atoms with Crippen molar-refractivity contribution in [3.05, 3.63) is 61.4 Å². The first-order chi connectivity index (χ1) is 12.7. The summed E-state index contributed by atoms with van der Waals surface area (Å²) < 4.78 is 1.69. The molecule has 1 aromatic carbocycles. The van der Waals surface area contributed by atoms with E-state index < -0.39 is 0 Å². The minimum Gasteiger partial charge on any atom is -0.352 e. The first-order valence-electron chi connectivity index (χ1n) is 7.94. The van der Waals surface area contributed by atoms with Crippen LogP contribution < -0.4 is 10.6 Å². The summed E-state index contributed by atoms with van der Waals surface area (Å²) in [5, 5.41) is 10.7. The van der Waals surface area contributed by atoms with Gasteiger partial charge in [0.15, 0.2) is 0 Å². The molecule has 3 heterocycles. The fourth-order valence-electron chi connectivity index (χ4n) is 2.67. The third-order valence-electron chi connectivity index (χ3n) is 3.72. The molecule has 26 heavy (non-hydrogen) atoms. The molecule has 0 aliphatic carbocycles. The third kappa shape index (κ3) is 3.07. The van der Waals surface area contributed by atoms with Crippen molar-refractivity contribution in [1.29, 1.82) is 0 Å². The molecule has 0 aliphatic heterocycles. The Labute approximate surface area is 149 Å². The normalized spacial score (nSPS) is 10.7. The zero-order chi connectivity index (χ0) is 17.9. The molecule has 1 amide bonds. The Morgan fingerprint density at radius 3 is 2.73 bits per heavy atom. The van der Waals surface area contributed by atoms with Crippen molar-refractivity contribution in [2.45, 2.75) is 6.92 Å². The van der Waals surface area contributed by atoms with E-state index in [4.69, 9.17) is 0 Å². The fraction of sp³-hybridized carbons (Fsp3) is 0.0556. The van der Waals surface area contributed by atoms with E-state index in [1.807, 2.05) is 30.3 Å². The van der Waals surface area contributed by atoms with Crippen molar-refractivity contribution in [3.63, 3.8) is 0 Å². The predicted octanol–water partition coefficient (Wildman–Crippen LogP) is 2.89. The van der Waals surface area contributed by atoms with Crippen LogP contribution in [-0.2, 0) is 4.79 Å². The number of aromatic nitrogens is 5. The third-order valence-corrected chi connectivity index (χ3v) is 3.72. The number of rotatable bonds is 4. The van der Waals surface area contributed by atoms with Crippen molar-refractivity contribution in [2.75, 3.05) is 10.6 Å². The second-order valence-electron chi connectivity index (χ2n) is 5.62. The molecular formula is C18H15N7O. The second-order valence-corrected chi connectivity index (χ2v) is 5.62. The molecule has 0 saturated carbocycles. The molecule has 2 N–H and O–H groups in total. The average Bonchev–Trinajstić information content (AvgIpc) is 3.01. The van der Waals surface area contributed by atoms with E-state index in [1.165, 1.54) is 13.3 Å². The van der Waals surface area contributed by atoms with Gasteiger partial charge in [-0.25, -0.2) is 19.5 Å². The van der Waals surface area contributed by atoms with Gasteiger partial charge in [0.05, 0.1) is 16.9 Å². The molecule has 0 saturated heterocycles. The van der Waals surface area contributed by atoms with Gasteiger partial charge in [0, 0.05) is 30.7 Å². The quantitative estimate of drug-likeness (QED) is 0.590. The minimum absolute atomic E-state index is 0.120. The van der Waals surface area contributed by atoms with Crippen LogP contribution in [0.25, 0.3) is 16.9 Å². The van der Waals surface area contributed by atoms with E-state index in [1.54, 1.807) is 29.3 Å². The lowest BCUT2D eigenvalue weighted by atomic mass is 10.2. The van der Waals surface area contributed by atoms with Crippen molar-refractivity contribution in [2.24, 2.45) is 0 Å². The number of nitrogens with zero attached hydrogens (tertiary/aromatic N) is 5. The van der Waals surface area contributed by atoms with E-state index in [-0.39, 0.29) is 5.91 Å². The Balaban J connectivity index is 1.80. The van der Waals surface area contributed by atoms with Crippen molar-refractivity contribution >= 4 is 28.5 Å². The van der Waals surface area contributed by atoms with Gasteiger partial charge in [-0.1, -0.05) is 6.07 Å². The molecule has 8 heteroatoms. The van der Waals surface area contributed by atoms with Crippen molar-refractivity contribution in [1.82, 2.24) is 24.6 Å². The summed E-state index contributed by atoms with van der Waals surface area (Å²) >= 11 is 0. The van der Waals surface area contributed by atoms with Gasteiger partial charge in [-0.05, 0) is 30.3 Å². The van der Waals surface area contributed by atoms with E-state index in [0.29, 0.717) is 17.1 Å². The Bertz CT molecular complexity index is 1080. The van der Waals surface area contributed by atoms with Crippen molar-refractivity contribution < 1.29 is 4.79 Å². The van der Waals surface area contributed by atoms with Gasteiger partial charge in [0.25, 0.3) is 0 Å². The molecule has 0 aliphatic rings. The second kappa shape index (κ2) is 6.60. The fourth-order valence-corrected chi connectivity index (χ4v) is 2.67. The van der Waals surface area contributed by atoms with Crippen LogP contribution in [0.5, 0.6) is 0 Å². The van der Waals surface area contributed by atoms with Crippen LogP contribution >= 0.6 is 0 Å². The number of hydrogen-bond donors (Lipinski definition) is 2. The SMILES string of the molecule is CC(=O)Nc1cccc(Nc2c(-c3ccncn3)nn3cnccc23)c1. The van der Waals surface area contributed by atoms with Crippen LogP contribution in [0.15, 0.2) is 61.4 Å². The van der Waals surface area contributed by atoms with E-state index >= 15 is 0 Å². The Hall–Kier alpha value is -3.81. The maximum Gasteiger partial charge on any atom is 0.221 e. The molecule has 8 nitrogen and oxygen atoms in total. The number of nitrogens with one attached hydrogen (secondary N) is 2. The lowest BCUT2D eigenvalue weighted by Crippen LogP contribution is -2.05. The Morgan fingerprint density at radius 2 is 1.92 bits per heavy atom. The largest absolute Gasteiger partial charge is 0.352 e. The van der Waals surface area contributed by atoms with Crippen LogP contribution in [-0.4, -0.2) is 30.5 Å². The zero-order valence-corrected chi connectivity index (χ0v) is 13.9. The first kappa shape index (κ1) is 15.7. The molecule has 0 fully saturated rings. The molecule has 0 radical (unpaired) electrons. The average molecular weight is 345 g/mol. The first-order valence-corrected chi connectivity index (χ1v) is 7.94. The number of fused-ring (bicyclic) bond motifs is 1. The summed E-state index contributed by atoms with van der Waals surface area (Å²) in [6.45, 7) is 1.48. The highest BCUT2D eigenvalue weighted by Crippen LogP contribution is 2.32. The smallest absolute Gasteiger partial charge is 0.221 e. The Morgan fingerprint density at radius 1 is 1.08 bits per heavy atom. The maximum absolute atomic E-state index is 11.3. The van der Waals surface area contributed by atoms with Crippen LogP contribution in [0.3, 0.4) is 0 Å². The zero-order valence-electron chi connectivity index (χ0n) is 13.9. The Kier molecular flexibility index (Phi) is 3.98. The summed E-state index contributed by atoms with van der Waals surface area (Å²) in [4.78, 5) is 23.7. The van der Waals surface area contributed by atoms with Gasteiger partial charge >= 0.3 is 0 Å². The van der Waals surface area contributed by atoms with Gasteiger partial charge in [0.2, 0.25) is 5.91 Å². The highest BCUT2D eigenvalue weighted by Gasteiger charge is 2.16. The van der Waals surface area contributed by atoms with E-state index in [2.05, 4.69) is 30.7 Å². The number of carbonyl (C=O) groups is 1. The highest BCUT2D eigenvalue weighted by atomic mass is 16.1. The molecule has 0 bridgehead atoms. The molecule has 0 unspecified atom stereocenters. The molecule has 3 aromatic heterocycles. The predicted molar refractivity (Wildman–Crippen MR) is 98.0 cm³/mol. The van der Waals surface area contributed by atoms with Gasteiger partial charge in [0.1, 0.15) is 18.3 Å². The van der Waals surface area contributed by atoms with E-state index in [9.17, 15) is 4.79 Å². The summed E-state index contributed by atoms with van der Waals surface area (Å²) in [6, 6.07) is 11.1. The molecule has 128 valence electrons. The summed E-state index contributed by atoms with van der Waals surface area (Å²) in [7, 11) is 0. The molecule has 0 spiro atoms. The van der Waals surface area contributed by atoms with Gasteiger partial charge < -0.3 is 10.6 Å². The highest BCUT2D eigenvalue weighted by molar-refractivity contribution is 5.91. The van der Waals surface area contributed by atoms with Crippen LogP contribution in [0.4, 0.5) is 17.1 Å². The molecular weight excluding hydrogens is 330 g/mol.